The van der Waals surface area contributed by atoms with Crippen molar-refractivity contribution in [3.05, 3.63) is 0 Å². The maximum atomic E-state index is 11.4. The second-order valence-corrected chi connectivity index (χ2v) is 6.87. The van der Waals surface area contributed by atoms with E-state index in [2.05, 4.69) is 6.92 Å². The topological polar surface area (TPSA) is 37.3 Å². The molecule has 1 N–H and O–H groups in total. The largest absolute Gasteiger partial charge is 0.481 e. The Morgan fingerprint density at radius 1 is 1.27 bits per heavy atom. The van der Waals surface area contributed by atoms with Crippen LogP contribution in [0.2, 0.25) is 0 Å². The molecule has 0 aliphatic heterocycles. The molecule has 2 bridgehead atoms. The molecule has 3 fully saturated rings. The quantitative estimate of drug-likeness (QED) is 0.719. The SMILES string of the molecule is CC1(C(=O)O)CC2CCC3(C)CC3(C2)C1. The third-order valence-electron chi connectivity index (χ3n) is 5.65. The van der Waals surface area contributed by atoms with E-state index in [0.717, 1.165) is 12.8 Å². The van der Waals surface area contributed by atoms with E-state index in [9.17, 15) is 9.90 Å². The lowest BCUT2D eigenvalue weighted by atomic mass is 9.58. The summed E-state index contributed by atoms with van der Waals surface area (Å²) in [6.07, 6.45) is 7.06. The first-order valence-electron chi connectivity index (χ1n) is 6.13. The number of carboxylic acids is 1. The molecule has 0 aromatic carbocycles. The fourth-order valence-corrected chi connectivity index (χ4v) is 4.69. The first-order chi connectivity index (χ1) is 6.89. The molecule has 4 unspecified atom stereocenters. The van der Waals surface area contributed by atoms with Crippen molar-refractivity contribution in [1.82, 2.24) is 0 Å². The average Bonchev–Trinajstić information content (AvgIpc) is 2.67. The predicted molar refractivity (Wildman–Crippen MR) is 57.5 cm³/mol. The van der Waals surface area contributed by atoms with E-state index in [4.69, 9.17) is 0 Å². The molecule has 0 heterocycles. The molecule has 3 rings (SSSR count). The van der Waals surface area contributed by atoms with Gasteiger partial charge in [-0.05, 0) is 62.2 Å². The summed E-state index contributed by atoms with van der Waals surface area (Å²) in [5.74, 6) is 0.123. The molecule has 84 valence electrons. The van der Waals surface area contributed by atoms with Gasteiger partial charge in [-0.1, -0.05) is 6.92 Å². The first kappa shape index (κ1) is 9.68. The summed E-state index contributed by atoms with van der Waals surface area (Å²) in [4.78, 5) is 11.4. The molecule has 0 aromatic heterocycles. The summed E-state index contributed by atoms with van der Waals surface area (Å²) in [6, 6.07) is 0. The normalized spacial score (nSPS) is 57.1. The standard InChI is InChI=1S/C13H20O2/c1-11(10(14)15)5-9-3-4-12(2)8-13(12,6-9)7-11/h9H,3-8H2,1-2H3,(H,14,15). The van der Waals surface area contributed by atoms with Crippen molar-refractivity contribution >= 4 is 5.97 Å². The molecule has 4 atom stereocenters. The van der Waals surface area contributed by atoms with Gasteiger partial charge in [0.15, 0.2) is 0 Å². The van der Waals surface area contributed by atoms with Crippen molar-refractivity contribution in [1.29, 1.82) is 0 Å². The minimum absolute atomic E-state index is 0.418. The van der Waals surface area contributed by atoms with E-state index in [1.807, 2.05) is 6.92 Å². The lowest BCUT2D eigenvalue weighted by Gasteiger charge is -2.45. The third kappa shape index (κ3) is 1.08. The molecule has 0 radical (unpaired) electrons. The van der Waals surface area contributed by atoms with Gasteiger partial charge in [0.1, 0.15) is 0 Å². The molecule has 0 aromatic rings. The zero-order chi connectivity index (χ0) is 10.9. The van der Waals surface area contributed by atoms with Crippen LogP contribution in [0.25, 0.3) is 0 Å². The van der Waals surface area contributed by atoms with Crippen LogP contribution >= 0.6 is 0 Å². The zero-order valence-electron chi connectivity index (χ0n) is 9.68. The fourth-order valence-electron chi connectivity index (χ4n) is 4.69. The number of aliphatic carboxylic acids is 1. The average molecular weight is 208 g/mol. The molecule has 1 spiro atoms. The summed E-state index contributed by atoms with van der Waals surface area (Å²) in [5, 5.41) is 9.37. The Morgan fingerprint density at radius 2 is 2.00 bits per heavy atom. The Labute approximate surface area is 91.1 Å². The van der Waals surface area contributed by atoms with Crippen LogP contribution in [0, 0.1) is 22.2 Å². The molecular weight excluding hydrogens is 188 g/mol. The molecule has 3 saturated carbocycles. The van der Waals surface area contributed by atoms with Crippen LogP contribution in [-0.4, -0.2) is 11.1 Å². The van der Waals surface area contributed by atoms with Gasteiger partial charge in [-0.3, -0.25) is 4.79 Å². The molecule has 0 saturated heterocycles. The maximum absolute atomic E-state index is 11.4. The highest BCUT2D eigenvalue weighted by Gasteiger charge is 2.70. The van der Waals surface area contributed by atoms with E-state index in [1.165, 1.54) is 25.7 Å². The van der Waals surface area contributed by atoms with Gasteiger partial charge >= 0.3 is 5.97 Å². The number of carbonyl (C=O) groups is 1. The fraction of sp³-hybridized carbons (Fsp3) is 0.923. The van der Waals surface area contributed by atoms with Crippen LogP contribution in [0.15, 0.2) is 0 Å². The number of rotatable bonds is 1. The predicted octanol–water partition coefficient (Wildman–Crippen LogP) is 3.07. The molecule has 0 amide bonds. The Bertz CT molecular complexity index is 337. The van der Waals surface area contributed by atoms with Gasteiger partial charge in [0.25, 0.3) is 0 Å². The van der Waals surface area contributed by atoms with Crippen molar-refractivity contribution in [2.75, 3.05) is 0 Å². The van der Waals surface area contributed by atoms with Crippen LogP contribution in [0.1, 0.15) is 52.4 Å². The second kappa shape index (κ2) is 2.41. The summed E-state index contributed by atoms with van der Waals surface area (Å²) in [6.45, 7) is 4.34. The van der Waals surface area contributed by atoms with Crippen molar-refractivity contribution < 1.29 is 9.90 Å². The van der Waals surface area contributed by atoms with Crippen LogP contribution in [0.5, 0.6) is 0 Å². The Hall–Kier alpha value is -0.530. The number of fused-ring (bicyclic) bond motifs is 1. The highest BCUT2D eigenvalue weighted by Crippen LogP contribution is 2.78. The van der Waals surface area contributed by atoms with Gasteiger partial charge in [-0.25, -0.2) is 0 Å². The summed E-state index contributed by atoms with van der Waals surface area (Å²) in [7, 11) is 0. The number of hydrogen-bond acceptors (Lipinski definition) is 1. The lowest BCUT2D eigenvalue weighted by Crippen LogP contribution is -2.42. The molecular formula is C13H20O2. The van der Waals surface area contributed by atoms with E-state index in [-0.39, 0.29) is 0 Å². The molecule has 2 heteroatoms. The molecule has 3 aliphatic rings. The van der Waals surface area contributed by atoms with Gasteiger partial charge < -0.3 is 5.11 Å². The van der Waals surface area contributed by atoms with Crippen molar-refractivity contribution in [2.24, 2.45) is 22.2 Å². The van der Waals surface area contributed by atoms with E-state index >= 15 is 0 Å². The van der Waals surface area contributed by atoms with Crippen molar-refractivity contribution in [3.63, 3.8) is 0 Å². The highest BCUT2D eigenvalue weighted by molar-refractivity contribution is 5.74. The van der Waals surface area contributed by atoms with E-state index in [0.29, 0.717) is 16.7 Å². The van der Waals surface area contributed by atoms with Gasteiger partial charge in [0, 0.05) is 0 Å². The summed E-state index contributed by atoms with van der Waals surface area (Å²) in [5.41, 5.74) is 0.489. The van der Waals surface area contributed by atoms with Crippen LogP contribution in [-0.2, 0) is 4.79 Å². The molecule has 3 aliphatic carbocycles. The highest BCUT2D eigenvalue weighted by atomic mass is 16.4. The molecule has 15 heavy (non-hydrogen) atoms. The first-order valence-corrected chi connectivity index (χ1v) is 6.13. The summed E-state index contributed by atoms with van der Waals surface area (Å²) >= 11 is 0. The third-order valence-corrected chi connectivity index (χ3v) is 5.65. The van der Waals surface area contributed by atoms with Crippen molar-refractivity contribution in [2.45, 2.75) is 52.4 Å². The van der Waals surface area contributed by atoms with Gasteiger partial charge in [0.05, 0.1) is 5.41 Å². The smallest absolute Gasteiger partial charge is 0.309 e. The van der Waals surface area contributed by atoms with Crippen LogP contribution in [0.3, 0.4) is 0 Å². The number of carboxylic acid groups (broad SMARTS) is 1. The summed E-state index contributed by atoms with van der Waals surface area (Å²) < 4.78 is 0. The van der Waals surface area contributed by atoms with Crippen LogP contribution < -0.4 is 0 Å². The maximum Gasteiger partial charge on any atom is 0.309 e. The van der Waals surface area contributed by atoms with E-state index < -0.39 is 11.4 Å². The monoisotopic (exact) mass is 208 g/mol. The Morgan fingerprint density at radius 3 is 2.67 bits per heavy atom. The second-order valence-electron chi connectivity index (χ2n) is 6.87. The molecule has 2 nitrogen and oxygen atoms in total. The van der Waals surface area contributed by atoms with Crippen molar-refractivity contribution in [3.8, 4) is 0 Å². The zero-order valence-corrected chi connectivity index (χ0v) is 9.68. The Balaban J connectivity index is 1.93. The van der Waals surface area contributed by atoms with Crippen LogP contribution in [0.4, 0.5) is 0 Å². The lowest BCUT2D eigenvalue weighted by molar-refractivity contribution is -0.154. The van der Waals surface area contributed by atoms with E-state index in [1.54, 1.807) is 0 Å². The van der Waals surface area contributed by atoms with Gasteiger partial charge in [-0.15, -0.1) is 0 Å². The van der Waals surface area contributed by atoms with Gasteiger partial charge in [-0.2, -0.15) is 0 Å². The Kier molecular flexibility index (Phi) is 1.56. The van der Waals surface area contributed by atoms with Gasteiger partial charge in [0.2, 0.25) is 0 Å². The minimum atomic E-state index is -0.567. The number of hydrogen-bond donors (Lipinski definition) is 1. The minimum Gasteiger partial charge on any atom is -0.481 e.